The zero-order valence-corrected chi connectivity index (χ0v) is 8.35. The van der Waals surface area contributed by atoms with Crippen LogP contribution in [0.2, 0.25) is 0 Å². The van der Waals surface area contributed by atoms with Crippen molar-refractivity contribution in [1.29, 1.82) is 0 Å². The van der Waals surface area contributed by atoms with Crippen molar-refractivity contribution in [3.8, 4) is 0 Å². The molecule has 1 atom stereocenters. The summed E-state index contributed by atoms with van der Waals surface area (Å²) in [7, 11) is 0. The third kappa shape index (κ3) is 3.23. The molecule has 0 fully saturated rings. The molecule has 1 aromatic carbocycles. The van der Waals surface area contributed by atoms with Crippen molar-refractivity contribution < 1.29 is 10.0 Å². The largest absolute Gasteiger partial charge is 0.396 e. The van der Waals surface area contributed by atoms with Gasteiger partial charge in [-0.25, -0.2) is 0 Å². The van der Waals surface area contributed by atoms with Crippen LogP contribution in [-0.4, -0.2) is 22.7 Å². The van der Waals surface area contributed by atoms with Gasteiger partial charge in [0.25, 0.3) is 5.69 Å². The second-order valence-electron chi connectivity index (χ2n) is 3.17. The van der Waals surface area contributed by atoms with E-state index in [9.17, 15) is 10.1 Å². The third-order valence-corrected chi connectivity index (χ3v) is 2.04. The minimum atomic E-state index is -0.536. The Bertz CT molecular complexity index is 411. The molecule has 1 rings (SSSR count). The first-order valence-electron chi connectivity index (χ1n) is 4.55. The van der Waals surface area contributed by atoms with Crippen molar-refractivity contribution in [2.75, 3.05) is 6.61 Å². The molecule has 0 saturated carbocycles. The molecule has 0 saturated heterocycles. The zero-order valence-electron chi connectivity index (χ0n) is 8.35. The van der Waals surface area contributed by atoms with E-state index in [0.29, 0.717) is 6.42 Å². The topological polar surface area (TPSA) is 112 Å². The third-order valence-electron chi connectivity index (χ3n) is 2.04. The standard InChI is InChI=1S/C9H10N4O3/c10-12-11-8(6-14)5-7-1-3-9(4-2-7)13(15)16/h1-4,8,14H,5-6H2. The van der Waals surface area contributed by atoms with Crippen molar-refractivity contribution >= 4 is 5.69 Å². The Balaban J connectivity index is 2.74. The summed E-state index contributed by atoms with van der Waals surface area (Å²) >= 11 is 0. The molecule has 7 nitrogen and oxygen atoms in total. The molecule has 1 unspecified atom stereocenters. The molecule has 0 aliphatic rings. The summed E-state index contributed by atoms with van der Waals surface area (Å²) < 4.78 is 0. The number of azide groups is 1. The van der Waals surface area contributed by atoms with E-state index in [1.807, 2.05) is 0 Å². The van der Waals surface area contributed by atoms with Crippen LogP contribution < -0.4 is 0 Å². The Hall–Kier alpha value is -2.11. The molecule has 0 radical (unpaired) electrons. The Morgan fingerprint density at radius 3 is 2.56 bits per heavy atom. The van der Waals surface area contributed by atoms with E-state index in [4.69, 9.17) is 10.6 Å². The number of nitro benzene ring substituents is 1. The first-order valence-corrected chi connectivity index (χ1v) is 4.55. The predicted molar refractivity (Wildman–Crippen MR) is 56.8 cm³/mol. The van der Waals surface area contributed by atoms with Crippen LogP contribution in [0, 0.1) is 10.1 Å². The number of non-ortho nitro benzene ring substituents is 1. The van der Waals surface area contributed by atoms with Crippen molar-refractivity contribution in [2.24, 2.45) is 5.11 Å². The number of hydrogen-bond donors (Lipinski definition) is 1. The van der Waals surface area contributed by atoms with Gasteiger partial charge in [0, 0.05) is 17.0 Å². The van der Waals surface area contributed by atoms with Gasteiger partial charge in [-0.05, 0) is 17.5 Å². The van der Waals surface area contributed by atoms with Gasteiger partial charge in [-0.3, -0.25) is 10.1 Å². The lowest BCUT2D eigenvalue weighted by molar-refractivity contribution is -0.384. The van der Waals surface area contributed by atoms with Crippen LogP contribution >= 0.6 is 0 Å². The maximum Gasteiger partial charge on any atom is 0.269 e. The van der Waals surface area contributed by atoms with Gasteiger partial charge in [-0.2, -0.15) is 0 Å². The van der Waals surface area contributed by atoms with Crippen LogP contribution in [0.5, 0.6) is 0 Å². The van der Waals surface area contributed by atoms with Crippen LogP contribution in [0.4, 0.5) is 5.69 Å². The Labute approximate surface area is 91.1 Å². The Morgan fingerprint density at radius 1 is 1.50 bits per heavy atom. The maximum atomic E-state index is 10.4. The van der Waals surface area contributed by atoms with Crippen molar-refractivity contribution in [3.63, 3.8) is 0 Å². The second kappa shape index (κ2) is 5.69. The lowest BCUT2D eigenvalue weighted by Crippen LogP contribution is -2.12. The average molecular weight is 222 g/mol. The summed E-state index contributed by atoms with van der Waals surface area (Å²) in [6, 6.07) is 5.37. The summed E-state index contributed by atoms with van der Waals surface area (Å²) in [5.41, 5.74) is 9.00. The van der Waals surface area contributed by atoms with Gasteiger partial charge in [0.05, 0.1) is 17.6 Å². The fourth-order valence-corrected chi connectivity index (χ4v) is 1.24. The van der Waals surface area contributed by atoms with Crippen LogP contribution in [-0.2, 0) is 6.42 Å². The molecule has 84 valence electrons. The summed E-state index contributed by atoms with van der Waals surface area (Å²) in [6.45, 7) is -0.249. The van der Waals surface area contributed by atoms with Gasteiger partial charge in [0.1, 0.15) is 0 Å². The van der Waals surface area contributed by atoms with E-state index in [1.54, 1.807) is 12.1 Å². The highest BCUT2D eigenvalue weighted by molar-refractivity contribution is 5.33. The molecule has 0 bridgehead atoms. The van der Waals surface area contributed by atoms with E-state index in [2.05, 4.69) is 10.0 Å². The van der Waals surface area contributed by atoms with Gasteiger partial charge in [-0.15, -0.1) is 0 Å². The molecular formula is C9H10N4O3. The smallest absolute Gasteiger partial charge is 0.269 e. The number of aliphatic hydroxyl groups excluding tert-OH is 1. The Kier molecular flexibility index (Phi) is 4.26. The highest BCUT2D eigenvalue weighted by atomic mass is 16.6. The summed E-state index contributed by atoms with van der Waals surface area (Å²) in [5, 5.41) is 22.7. The van der Waals surface area contributed by atoms with E-state index in [-0.39, 0.29) is 12.3 Å². The van der Waals surface area contributed by atoms with Gasteiger partial charge in [0.15, 0.2) is 0 Å². The molecule has 1 N–H and O–H groups in total. The van der Waals surface area contributed by atoms with Crippen LogP contribution in [0.25, 0.3) is 10.4 Å². The van der Waals surface area contributed by atoms with Gasteiger partial charge in [-0.1, -0.05) is 17.2 Å². The van der Waals surface area contributed by atoms with Crippen LogP contribution in [0.15, 0.2) is 29.4 Å². The molecule has 0 amide bonds. The quantitative estimate of drug-likeness (QED) is 0.269. The molecule has 0 aliphatic heterocycles. The van der Waals surface area contributed by atoms with Crippen LogP contribution in [0.1, 0.15) is 5.56 Å². The molecular weight excluding hydrogens is 212 g/mol. The highest BCUT2D eigenvalue weighted by Gasteiger charge is 2.08. The van der Waals surface area contributed by atoms with Gasteiger partial charge < -0.3 is 5.11 Å². The average Bonchev–Trinajstić information content (AvgIpc) is 2.29. The predicted octanol–water partition coefficient (Wildman–Crippen LogP) is 1.81. The number of nitrogens with zero attached hydrogens (tertiary/aromatic N) is 4. The fraction of sp³-hybridized carbons (Fsp3) is 0.333. The lowest BCUT2D eigenvalue weighted by Gasteiger charge is -2.06. The molecule has 0 aliphatic carbocycles. The molecule has 1 aromatic rings. The van der Waals surface area contributed by atoms with E-state index >= 15 is 0 Å². The van der Waals surface area contributed by atoms with Crippen molar-refractivity contribution in [3.05, 3.63) is 50.4 Å². The molecule has 16 heavy (non-hydrogen) atoms. The number of aliphatic hydroxyl groups is 1. The second-order valence-corrected chi connectivity index (χ2v) is 3.17. The van der Waals surface area contributed by atoms with Gasteiger partial charge >= 0.3 is 0 Å². The van der Waals surface area contributed by atoms with Crippen LogP contribution in [0.3, 0.4) is 0 Å². The first kappa shape index (κ1) is 12.0. The molecule has 0 aromatic heterocycles. The maximum absolute atomic E-state index is 10.4. The highest BCUT2D eigenvalue weighted by Crippen LogP contribution is 2.13. The number of benzene rings is 1. The number of hydrogen-bond acceptors (Lipinski definition) is 4. The van der Waals surface area contributed by atoms with E-state index in [0.717, 1.165) is 5.56 Å². The molecule has 0 spiro atoms. The lowest BCUT2D eigenvalue weighted by atomic mass is 10.1. The van der Waals surface area contributed by atoms with Gasteiger partial charge in [0.2, 0.25) is 0 Å². The number of nitro groups is 1. The SMILES string of the molecule is [N-]=[N+]=NC(CO)Cc1ccc([N+](=O)[O-])cc1. The minimum absolute atomic E-state index is 0.00748. The van der Waals surface area contributed by atoms with Crippen molar-refractivity contribution in [1.82, 2.24) is 0 Å². The first-order chi connectivity index (χ1) is 7.67. The van der Waals surface area contributed by atoms with Crippen molar-refractivity contribution in [2.45, 2.75) is 12.5 Å². The zero-order chi connectivity index (χ0) is 12.0. The monoisotopic (exact) mass is 222 g/mol. The summed E-state index contributed by atoms with van der Waals surface area (Å²) in [4.78, 5) is 12.5. The molecule has 7 heteroatoms. The summed E-state index contributed by atoms with van der Waals surface area (Å²) in [6.07, 6.45) is 0.360. The molecule has 0 heterocycles. The van der Waals surface area contributed by atoms with E-state index in [1.165, 1.54) is 12.1 Å². The fourth-order valence-electron chi connectivity index (χ4n) is 1.24. The normalized spacial score (nSPS) is 11.6. The summed E-state index contributed by atoms with van der Waals surface area (Å²) in [5.74, 6) is 0. The Morgan fingerprint density at radius 2 is 2.12 bits per heavy atom. The van der Waals surface area contributed by atoms with E-state index < -0.39 is 11.0 Å². The number of rotatable bonds is 5. The minimum Gasteiger partial charge on any atom is -0.396 e.